The summed E-state index contributed by atoms with van der Waals surface area (Å²) in [7, 11) is 0. The van der Waals surface area contributed by atoms with Crippen molar-refractivity contribution in [2.75, 3.05) is 6.54 Å². The minimum Gasteiger partial charge on any atom is -0.370 e. The van der Waals surface area contributed by atoms with E-state index in [0.29, 0.717) is 17.9 Å². The third kappa shape index (κ3) is 4.86. The molecule has 0 bridgehead atoms. The fourth-order valence-corrected chi connectivity index (χ4v) is 3.23. The summed E-state index contributed by atoms with van der Waals surface area (Å²) in [5, 5.41) is 6.16. The van der Waals surface area contributed by atoms with Gasteiger partial charge in [-0.15, -0.1) is 35.3 Å². The second kappa shape index (κ2) is 8.17. The summed E-state index contributed by atoms with van der Waals surface area (Å²) < 4.78 is 0. The SMILES string of the molecule is I.NC(=NCCc1cccs1)N[C@@H]1C[C@H]1c1ccc(Cl)cc1. The van der Waals surface area contributed by atoms with Gasteiger partial charge in [0.15, 0.2) is 5.96 Å². The first-order valence-corrected chi connectivity index (χ1v) is 8.32. The Balaban J connectivity index is 0.00000176. The molecular weight excluding hydrogens is 429 g/mol. The van der Waals surface area contributed by atoms with Gasteiger partial charge >= 0.3 is 0 Å². The van der Waals surface area contributed by atoms with Crippen molar-refractivity contribution in [1.82, 2.24) is 5.32 Å². The third-order valence-electron chi connectivity index (χ3n) is 3.64. The molecule has 1 aliphatic carbocycles. The number of aliphatic imine (C=N–C) groups is 1. The Labute approximate surface area is 157 Å². The molecule has 3 N–H and O–H groups in total. The Hall–Kier alpha value is -0.790. The molecule has 0 amide bonds. The van der Waals surface area contributed by atoms with E-state index in [4.69, 9.17) is 17.3 Å². The lowest BCUT2D eigenvalue weighted by Gasteiger charge is -2.05. The van der Waals surface area contributed by atoms with E-state index >= 15 is 0 Å². The summed E-state index contributed by atoms with van der Waals surface area (Å²) in [5.74, 6) is 1.07. The predicted octanol–water partition coefficient (Wildman–Crippen LogP) is 4.02. The summed E-state index contributed by atoms with van der Waals surface area (Å²) in [6.45, 7) is 0.734. The van der Waals surface area contributed by atoms with Gasteiger partial charge in [-0.1, -0.05) is 29.8 Å². The first kappa shape index (κ1) is 17.6. The van der Waals surface area contributed by atoms with Crippen molar-refractivity contribution < 1.29 is 0 Å². The van der Waals surface area contributed by atoms with Crippen molar-refractivity contribution in [3.05, 3.63) is 57.2 Å². The van der Waals surface area contributed by atoms with Crippen LogP contribution in [0.2, 0.25) is 5.02 Å². The molecule has 1 aromatic carbocycles. The van der Waals surface area contributed by atoms with E-state index in [2.05, 4.69) is 40.0 Å². The van der Waals surface area contributed by atoms with E-state index in [0.717, 1.165) is 24.4 Å². The van der Waals surface area contributed by atoms with Crippen LogP contribution in [0.5, 0.6) is 0 Å². The molecule has 6 heteroatoms. The van der Waals surface area contributed by atoms with Gasteiger partial charge in [-0.3, -0.25) is 4.99 Å². The van der Waals surface area contributed by atoms with Crippen LogP contribution >= 0.6 is 46.9 Å². The van der Waals surface area contributed by atoms with Crippen molar-refractivity contribution >= 4 is 52.9 Å². The molecule has 0 saturated heterocycles. The normalized spacial score (nSPS) is 20.3. The van der Waals surface area contributed by atoms with Gasteiger partial charge in [-0.25, -0.2) is 0 Å². The first-order valence-electron chi connectivity index (χ1n) is 7.06. The monoisotopic (exact) mass is 447 g/mol. The van der Waals surface area contributed by atoms with Gasteiger partial charge in [0, 0.05) is 34.8 Å². The summed E-state index contributed by atoms with van der Waals surface area (Å²) >= 11 is 7.66. The zero-order valence-corrected chi connectivity index (χ0v) is 15.9. The summed E-state index contributed by atoms with van der Waals surface area (Å²) in [6.07, 6.45) is 2.05. The highest BCUT2D eigenvalue weighted by atomic mass is 127. The number of benzene rings is 1. The standard InChI is InChI=1S/C16H18ClN3S.HI/c17-12-5-3-11(4-6-12)14-10-15(14)20-16(18)19-8-7-13-2-1-9-21-13;/h1-6,9,14-15H,7-8,10H2,(H3,18,19,20);1H/t14-,15+;/m0./s1. The van der Waals surface area contributed by atoms with Crippen LogP contribution in [-0.2, 0) is 6.42 Å². The van der Waals surface area contributed by atoms with Crippen molar-refractivity contribution in [2.45, 2.75) is 24.8 Å². The van der Waals surface area contributed by atoms with Crippen molar-refractivity contribution in [1.29, 1.82) is 0 Å². The molecule has 2 aromatic rings. The number of nitrogens with zero attached hydrogens (tertiary/aromatic N) is 1. The molecule has 1 saturated carbocycles. The number of guanidine groups is 1. The molecule has 3 rings (SSSR count). The van der Waals surface area contributed by atoms with Crippen LogP contribution < -0.4 is 11.1 Å². The van der Waals surface area contributed by atoms with E-state index in [1.54, 1.807) is 11.3 Å². The summed E-state index contributed by atoms with van der Waals surface area (Å²) in [6, 6.07) is 12.6. The van der Waals surface area contributed by atoms with Crippen molar-refractivity contribution in [2.24, 2.45) is 10.7 Å². The zero-order chi connectivity index (χ0) is 14.7. The molecule has 1 fully saturated rings. The molecule has 0 unspecified atom stereocenters. The van der Waals surface area contributed by atoms with Gasteiger partial charge in [-0.2, -0.15) is 0 Å². The van der Waals surface area contributed by atoms with Crippen LogP contribution in [0, 0.1) is 0 Å². The average molecular weight is 448 g/mol. The van der Waals surface area contributed by atoms with E-state index < -0.39 is 0 Å². The average Bonchev–Trinajstić information content (AvgIpc) is 3.02. The van der Waals surface area contributed by atoms with E-state index in [9.17, 15) is 0 Å². The Morgan fingerprint density at radius 2 is 2.09 bits per heavy atom. The van der Waals surface area contributed by atoms with E-state index in [1.807, 2.05) is 12.1 Å². The smallest absolute Gasteiger partial charge is 0.188 e. The van der Waals surface area contributed by atoms with E-state index in [-0.39, 0.29) is 24.0 Å². The van der Waals surface area contributed by atoms with Crippen LogP contribution in [-0.4, -0.2) is 18.5 Å². The fourth-order valence-electron chi connectivity index (χ4n) is 2.41. The Morgan fingerprint density at radius 3 is 2.77 bits per heavy atom. The van der Waals surface area contributed by atoms with Crippen LogP contribution in [0.4, 0.5) is 0 Å². The van der Waals surface area contributed by atoms with Gasteiger partial charge in [0.05, 0.1) is 0 Å². The fraction of sp³-hybridized carbons (Fsp3) is 0.312. The lowest BCUT2D eigenvalue weighted by molar-refractivity contribution is 0.844. The maximum absolute atomic E-state index is 5.94. The lowest BCUT2D eigenvalue weighted by atomic mass is 10.1. The maximum atomic E-state index is 5.94. The Kier molecular flexibility index (Phi) is 6.52. The van der Waals surface area contributed by atoms with Crippen molar-refractivity contribution in [3.63, 3.8) is 0 Å². The first-order chi connectivity index (χ1) is 10.2. The highest BCUT2D eigenvalue weighted by Crippen LogP contribution is 2.40. The highest BCUT2D eigenvalue weighted by molar-refractivity contribution is 14.0. The summed E-state index contributed by atoms with van der Waals surface area (Å²) in [4.78, 5) is 5.73. The van der Waals surface area contributed by atoms with Crippen LogP contribution in [0.3, 0.4) is 0 Å². The molecule has 1 aromatic heterocycles. The molecule has 118 valence electrons. The van der Waals surface area contributed by atoms with Gasteiger partial charge in [0.2, 0.25) is 0 Å². The molecule has 22 heavy (non-hydrogen) atoms. The van der Waals surface area contributed by atoms with Gasteiger partial charge in [0.25, 0.3) is 0 Å². The van der Waals surface area contributed by atoms with Gasteiger partial charge < -0.3 is 11.1 Å². The molecule has 3 nitrogen and oxygen atoms in total. The minimum absolute atomic E-state index is 0. The Morgan fingerprint density at radius 1 is 1.32 bits per heavy atom. The van der Waals surface area contributed by atoms with Crippen molar-refractivity contribution in [3.8, 4) is 0 Å². The van der Waals surface area contributed by atoms with Gasteiger partial charge in [0.1, 0.15) is 0 Å². The third-order valence-corrected chi connectivity index (χ3v) is 4.83. The molecule has 0 radical (unpaired) electrons. The zero-order valence-electron chi connectivity index (χ0n) is 12.0. The molecule has 1 heterocycles. The Bertz CT molecular complexity index is 613. The number of hydrogen-bond acceptors (Lipinski definition) is 2. The largest absolute Gasteiger partial charge is 0.370 e. The molecule has 1 aliphatic rings. The predicted molar refractivity (Wildman–Crippen MR) is 106 cm³/mol. The molecule has 0 aliphatic heterocycles. The maximum Gasteiger partial charge on any atom is 0.188 e. The number of nitrogens with two attached hydrogens (primary N) is 1. The van der Waals surface area contributed by atoms with Crippen LogP contribution in [0.15, 0.2) is 46.8 Å². The molecule has 0 spiro atoms. The molecule has 2 atom stereocenters. The number of nitrogens with one attached hydrogen (secondary N) is 1. The number of rotatable bonds is 5. The second-order valence-corrected chi connectivity index (χ2v) is 6.71. The number of thiophene rings is 1. The quantitative estimate of drug-likeness (QED) is 0.413. The van der Waals surface area contributed by atoms with Crippen LogP contribution in [0.1, 0.15) is 22.8 Å². The lowest BCUT2D eigenvalue weighted by Crippen LogP contribution is -2.34. The highest BCUT2D eigenvalue weighted by Gasteiger charge is 2.38. The van der Waals surface area contributed by atoms with E-state index in [1.165, 1.54) is 10.4 Å². The molecular formula is C16H19ClIN3S. The number of halogens is 2. The topological polar surface area (TPSA) is 50.4 Å². The van der Waals surface area contributed by atoms with Gasteiger partial charge in [-0.05, 0) is 35.6 Å². The van der Waals surface area contributed by atoms with Crippen LogP contribution in [0.25, 0.3) is 0 Å². The number of hydrogen-bond donors (Lipinski definition) is 2. The minimum atomic E-state index is 0. The second-order valence-electron chi connectivity index (χ2n) is 5.24. The summed E-state index contributed by atoms with van der Waals surface area (Å²) in [5.41, 5.74) is 7.25.